The molecule has 3 aromatic carbocycles. The Hall–Kier alpha value is -3.25. The molecule has 3 aromatic rings. The van der Waals surface area contributed by atoms with Gasteiger partial charge in [0.1, 0.15) is 6.61 Å². The molecule has 0 fully saturated rings. The Morgan fingerprint density at radius 3 is 2.21 bits per heavy atom. The summed E-state index contributed by atoms with van der Waals surface area (Å²) in [4.78, 5) is 25.6. The first kappa shape index (κ1) is 24.4. The molecule has 0 heterocycles. The number of hydrogen-bond donors (Lipinski definition) is 3. The number of nitrogens with one attached hydrogen (secondary N) is 2. The highest BCUT2D eigenvalue weighted by Gasteiger charge is 2.15. The molecule has 0 saturated heterocycles. The largest absolute Gasteiger partial charge is 0.445 e. The average Bonchev–Trinajstić information content (AvgIpc) is 2.84. The Bertz CT molecular complexity index is 1070. The lowest BCUT2D eigenvalue weighted by atomic mass is 10.0. The molecule has 0 aromatic heterocycles. The molecule has 0 unspecified atom stereocenters. The zero-order chi connectivity index (χ0) is 23.6. The average molecular weight is 463 g/mol. The number of rotatable bonds is 9. The van der Waals surface area contributed by atoms with E-state index in [2.05, 4.69) is 61.4 Å². The molecule has 2 amide bonds. The van der Waals surface area contributed by atoms with E-state index >= 15 is 0 Å². The third-order valence-corrected chi connectivity index (χ3v) is 5.79. The minimum absolute atomic E-state index is 0.0887. The van der Waals surface area contributed by atoms with Gasteiger partial charge < -0.3 is 15.4 Å². The van der Waals surface area contributed by atoms with E-state index in [4.69, 9.17) is 4.74 Å². The van der Waals surface area contributed by atoms with Gasteiger partial charge in [0.05, 0.1) is 11.7 Å². The maximum atomic E-state index is 12.5. The zero-order valence-electron chi connectivity index (χ0n) is 19.0. The summed E-state index contributed by atoms with van der Waals surface area (Å²) in [6, 6.07) is 22.5. The SMILES string of the molecule is CCC[C@@H](NC(=O)OCc1ccc(C(=O)Nc2ccccc2S)cc1)c1ccc(CC)cc1. The number of carbonyl (C=O) groups excluding carboxylic acids is 2. The van der Waals surface area contributed by atoms with Gasteiger partial charge >= 0.3 is 6.09 Å². The van der Waals surface area contributed by atoms with Crippen molar-refractivity contribution in [3.63, 3.8) is 0 Å². The minimum atomic E-state index is -0.458. The van der Waals surface area contributed by atoms with E-state index in [9.17, 15) is 9.59 Å². The van der Waals surface area contributed by atoms with Gasteiger partial charge in [-0.05, 0) is 53.8 Å². The van der Waals surface area contributed by atoms with E-state index in [-0.39, 0.29) is 18.6 Å². The van der Waals surface area contributed by atoms with E-state index < -0.39 is 6.09 Å². The number of aryl methyl sites for hydroxylation is 1. The molecule has 3 rings (SSSR count). The highest BCUT2D eigenvalue weighted by Crippen LogP contribution is 2.21. The normalized spacial score (nSPS) is 11.5. The smallest absolute Gasteiger partial charge is 0.407 e. The predicted octanol–water partition coefficient (Wildman–Crippen LogP) is 6.56. The first-order valence-corrected chi connectivity index (χ1v) is 11.6. The molecular weight excluding hydrogens is 432 g/mol. The topological polar surface area (TPSA) is 67.4 Å². The molecular formula is C27H30N2O3S. The van der Waals surface area contributed by atoms with Gasteiger partial charge in [0.15, 0.2) is 0 Å². The quantitative estimate of drug-likeness (QED) is 0.316. The van der Waals surface area contributed by atoms with Crippen molar-refractivity contribution in [2.75, 3.05) is 5.32 Å². The first-order chi connectivity index (χ1) is 16.0. The Morgan fingerprint density at radius 2 is 1.58 bits per heavy atom. The van der Waals surface area contributed by atoms with Crippen LogP contribution in [0.5, 0.6) is 0 Å². The van der Waals surface area contributed by atoms with Crippen molar-refractivity contribution in [3.05, 3.63) is 95.1 Å². The van der Waals surface area contributed by atoms with Gasteiger partial charge in [-0.25, -0.2) is 4.79 Å². The van der Waals surface area contributed by atoms with Crippen molar-refractivity contribution >= 4 is 30.3 Å². The van der Waals surface area contributed by atoms with Gasteiger partial charge in [0.2, 0.25) is 0 Å². The van der Waals surface area contributed by atoms with Crippen LogP contribution in [0.4, 0.5) is 10.5 Å². The van der Waals surface area contributed by atoms with Crippen molar-refractivity contribution in [2.24, 2.45) is 0 Å². The van der Waals surface area contributed by atoms with Gasteiger partial charge in [0.25, 0.3) is 5.91 Å². The number of amides is 2. The van der Waals surface area contributed by atoms with Gasteiger partial charge in [-0.1, -0.05) is 68.8 Å². The zero-order valence-corrected chi connectivity index (χ0v) is 19.9. The maximum absolute atomic E-state index is 12.5. The summed E-state index contributed by atoms with van der Waals surface area (Å²) in [7, 11) is 0. The summed E-state index contributed by atoms with van der Waals surface area (Å²) < 4.78 is 5.42. The number of ether oxygens (including phenoxy) is 1. The number of hydrogen-bond acceptors (Lipinski definition) is 4. The van der Waals surface area contributed by atoms with Crippen LogP contribution < -0.4 is 10.6 Å². The third-order valence-electron chi connectivity index (χ3n) is 5.40. The van der Waals surface area contributed by atoms with Crippen LogP contribution in [0.25, 0.3) is 0 Å². The van der Waals surface area contributed by atoms with Gasteiger partial charge in [-0.2, -0.15) is 0 Å². The van der Waals surface area contributed by atoms with Crippen LogP contribution >= 0.6 is 12.6 Å². The minimum Gasteiger partial charge on any atom is -0.445 e. The van der Waals surface area contributed by atoms with Crippen molar-refractivity contribution in [1.82, 2.24) is 5.32 Å². The van der Waals surface area contributed by atoms with Crippen LogP contribution in [0.15, 0.2) is 77.7 Å². The molecule has 2 N–H and O–H groups in total. The number of carbonyl (C=O) groups is 2. The lowest BCUT2D eigenvalue weighted by molar-refractivity contribution is 0.102. The Kier molecular flexibility index (Phi) is 8.95. The molecule has 172 valence electrons. The van der Waals surface area contributed by atoms with Crippen LogP contribution in [-0.4, -0.2) is 12.0 Å². The molecule has 0 radical (unpaired) electrons. The molecule has 33 heavy (non-hydrogen) atoms. The van der Waals surface area contributed by atoms with Crippen LogP contribution in [-0.2, 0) is 17.8 Å². The molecule has 1 atom stereocenters. The highest BCUT2D eigenvalue weighted by atomic mass is 32.1. The van der Waals surface area contributed by atoms with E-state index in [1.54, 1.807) is 30.3 Å². The van der Waals surface area contributed by atoms with E-state index in [1.807, 2.05) is 18.2 Å². The van der Waals surface area contributed by atoms with Crippen molar-refractivity contribution in [2.45, 2.75) is 50.7 Å². The number of anilines is 1. The number of benzene rings is 3. The lowest BCUT2D eigenvalue weighted by Crippen LogP contribution is -2.29. The number of alkyl carbamates (subject to hydrolysis) is 1. The predicted molar refractivity (Wildman–Crippen MR) is 135 cm³/mol. The summed E-state index contributed by atoms with van der Waals surface area (Å²) >= 11 is 4.35. The summed E-state index contributed by atoms with van der Waals surface area (Å²) in [6.45, 7) is 4.34. The van der Waals surface area contributed by atoms with Gasteiger partial charge in [-0.15, -0.1) is 12.6 Å². The second-order valence-corrected chi connectivity index (χ2v) is 8.31. The second kappa shape index (κ2) is 12.1. The Balaban J connectivity index is 1.53. The number of para-hydroxylation sites is 1. The van der Waals surface area contributed by atoms with Crippen LogP contribution in [0.2, 0.25) is 0 Å². The van der Waals surface area contributed by atoms with Crippen molar-refractivity contribution in [1.29, 1.82) is 0 Å². The summed E-state index contributed by atoms with van der Waals surface area (Å²) in [5, 5.41) is 5.81. The Labute approximate surface area is 201 Å². The summed E-state index contributed by atoms with van der Waals surface area (Å²) in [6.07, 6.45) is 2.30. The van der Waals surface area contributed by atoms with Crippen LogP contribution in [0.1, 0.15) is 59.8 Å². The molecule has 0 aliphatic rings. The molecule has 0 aliphatic carbocycles. The maximum Gasteiger partial charge on any atom is 0.407 e. The van der Waals surface area contributed by atoms with Gasteiger partial charge in [-0.3, -0.25) is 4.79 Å². The fourth-order valence-corrected chi connectivity index (χ4v) is 3.67. The fourth-order valence-electron chi connectivity index (χ4n) is 3.46. The fraction of sp³-hybridized carbons (Fsp3) is 0.259. The standard InChI is InChI=1S/C27H30N2O3S/c1-3-7-23(21-14-10-19(4-2)11-15-21)29-27(31)32-18-20-12-16-22(17-13-20)26(30)28-24-8-5-6-9-25(24)33/h5-6,8-17,23,33H,3-4,7,18H2,1-2H3,(H,28,30)(H,29,31)/t23-/m1/s1. The Morgan fingerprint density at radius 1 is 0.909 bits per heavy atom. The molecule has 0 spiro atoms. The summed E-state index contributed by atoms with van der Waals surface area (Å²) in [5.74, 6) is -0.224. The lowest BCUT2D eigenvalue weighted by Gasteiger charge is -2.19. The highest BCUT2D eigenvalue weighted by molar-refractivity contribution is 7.80. The van der Waals surface area contributed by atoms with Crippen molar-refractivity contribution < 1.29 is 14.3 Å². The first-order valence-electron chi connectivity index (χ1n) is 11.2. The third kappa shape index (κ3) is 7.12. The number of thiol groups is 1. The summed E-state index contributed by atoms with van der Waals surface area (Å²) in [5.41, 5.74) is 4.31. The van der Waals surface area contributed by atoms with E-state index in [1.165, 1.54) is 5.56 Å². The molecule has 6 heteroatoms. The van der Waals surface area contributed by atoms with E-state index in [0.29, 0.717) is 16.1 Å². The van der Waals surface area contributed by atoms with Gasteiger partial charge in [0, 0.05) is 10.5 Å². The van der Waals surface area contributed by atoms with Crippen molar-refractivity contribution in [3.8, 4) is 0 Å². The molecule has 0 bridgehead atoms. The monoisotopic (exact) mass is 462 g/mol. The molecule has 5 nitrogen and oxygen atoms in total. The molecule has 0 saturated carbocycles. The van der Waals surface area contributed by atoms with E-state index in [0.717, 1.165) is 30.4 Å². The van der Waals surface area contributed by atoms with Crippen LogP contribution in [0, 0.1) is 0 Å². The second-order valence-electron chi connectivity index (χ2n) is 7.83. The van der Waals surface area contributed by atoms with Crippen LogP contribution in [0.3, 0.4) is 0 Å². The molecule has 0 aliphatic heterocycles.